The van der Waals surface area contributed by atoms with E-state index in [1.165, 1.54) is 0 Å². The molecule has 0 aliphatic carbocycles. The molecule has 4 atom stereocenters. The number of esters is 1. The van der Waals surface area contributed by atoms with Gasteiger partial charge in [0.15, 0.2) is 0 Å². The zero-order valence-electron chi connectivity index (χ0n) is 10.2. The summed E-state index contributed by atoms with van der Waals surface area (Å²) in [5, 5.41) is 17.6. The molecule has 2 aliphatic rings. The van der Waals surface area contributed by atoms with Gasteiger partial charge in [0.1, 0.15) is 18.4 Å². The first-order valence-corrected chi connectivity index (χ1v) is 6.07. The fraction of sp³-hybridized carbons (Fsp3) is 0.667. The number of aliphatic hydroxyl groups is 1. The van der Waals surface area contributed by atoms with Crippen molar-refractivity contribution in [2.24, 2.45) is 11.8 Å². The van der Waals surface area contributed by atoms with Gasteiger partial charge in [-0.2, -0.15) is 0 Å². The maximum absolute atomic E-state index is 11.9. The molecular formula is C12H16O7. The maximum Gasteiger partial charge on any atom is 0.313 e. The molecule has 2 N–H and O–H groups in total. The van der Waals surface area contributed by atoms with E-state index in [9.17, 15) is 9.59 Å². The topological polar surface area (TPSA) is 102 Å². The van der Waals surface area contributed by atoms with Gasteiger partial charge < -0.3 is 24.4 Å². The second kappa shape index (κ2) is 6.14. The van der Waals surface area contributed by atoms with Crippen LogP contribution < -0.4 is 0 Å². The summed E-state index contributed by atoms with van der Waals surface area (Å²) in [5.41, 5.74) is 0. The molecule has 2 heterocycles. The Bertz CT molecular complexity index is 378. The zero-order chi connectivity index (χ0) is 13.8. The Hall–Kier alpha value is -1.44. The van der Waals surface area contributed by atoms with Crippen molar-refractivity contribution in [2.75, 3.05) is 26.4 Å². The molecule has 106 valence electrons. The lowest BCUT2D eigenvalue weighted by Crippen LogP contribution is -2.37. The fourth-order valence-corrected chi connectivity index (χ4v) is 2.35. The predicted octanol–water partition coefficient (Wildman–Crippen LogP) is -0.807. The van der Waals surface area contributed by atoms with Crippen molar-refractivity contribution in [3.8, 4) is 0 Å². The lowest BCUT2D eigenvalue weighted by atomic mass is 9.83. The third-order valence-corrected chi connectivity index (χ3v) is 3.16. The summed E-state index contributed by atoms with van der Waals surface area (Å²) < 4.78 is 15.3. The smallest absolute Gasteiger partial charge is 0.313 e. The Morgan fingerprint density at radius 2 is 1.79 bits per heavy atom. The van der Waals surface area contributed by atoms with Crippen molar-refractivity contribution in [3.05, 3.63) is 12.2 Å². The molecule has 2 rings (SSSR count). The SMILES string of the molecule is O=C(O)C1C2C=CC(O2)C1C(=O)OCCOCCO. The molecule has 1 fully saturated rings. The van der Waals surface area contributed by atoms with Crippen LogP contribution in [0.2, 0.25) is 0 Å². The van der Waals surface area contributed by atoms with Crippen molar-refractivity contribution in [3.63, 3.8) is 0 Å². The summed E-state index contributed by atoms with van der Waals surface area (Å²) in [4.78, 5) is 23.0. The van der Waals surface area contributed by atoms with E-state index in [0.717, 1.165) is 0 Å². The van der Waals surface area contributed by atoms with Gasteiger partial charge in [0.05, 0.1) is 32.0 Å². The van der Waals surface area contributed by atoms with Gasteiger partial charge in [0.2, 0.25) is 0 Å². The highest BCUT2D eigenvalue weighted by molar-refractivity contribution is 5.84. The molecule has 7 heteroatoms. The molecule has 2 aliphatic heterocycles. The summed E-state index contributed by atoms with van der Waals surface area (Å²) in [6.07, 6.45) is 2.29. The van der Waals surface area contributed by atoms with Gasteiger partial charge in [0, 0.05) is 0 Å². The van der Waals surface area contributed by atoms with Crippen LogP contribution in [0.3, 0.4) is 0 Å². The first-order chi connectivity index (χ1) is 9.15. The Labute approximate surface area is 109 Å². The molecule has 2 bridgehead atoms. The summed E-state index contributed by atoms with van der Waals surface area (Å²) >= 11 is 0. The monoisotopic (exact) mass is 272 g/mol. The highest BCUT2D eigenvalue weighted by Crippen LogP contribution is 2.39. The maximum atomic E-state index is 11.9. The molecule has 0 aromatic heterocycles. The number of carbonyl (C=O) groups is 2. The van der Waals surface area contributed by atoms with E-state index in [-0.39, 0.29) is 26.4 Å². The largest absolute Gasteiger partial charge is 0.481 e. The van der Waals surface area contributed by atoms with Gasteiger partial charge in [-0.05, 0) is 0 Å². The van der Waals surface area contributed by atoms with Gasteiger partial charge in [-0.1, -0.05) is 12.2 Å². The lowest BCUT2D eigenvalue weighted by molar-refractivity contribution is -0.158. The number of carbonyl (C=O) groups excluding carboxylic acids is 1. The van der Waals surface area contributed by atoms with E-state index in [2.05, 4.69) is 0 Å². The van der Waals surface area contributed by atoms with Gasteiger partial charge >= 0.3 is 11.9 Å². The quantitative estimate of drug-likeness (QED) is 0.355. The van der Waals surface area contributed by atoms with Crippen LogP contribution in [0.5, 0.6) is 0 Å². The summed E-state index contributed by atoms with van der Waals surface area (Å²) in [7, 11) is 0. The van der Waals surface area contributed by atoms with Crippen LogP contribution in [0.1, 0.15) is 0 Å². The predicted molar refractivity (Wildman–Crippen MR) is 61.3 cm³/mol. The number of fused-ring (bicyclic) bond motifs is 2. The second-order valence-electron chi connectivity index (χ2n) is 4.34. The molecule has 1 saturated heterocycles. The van der Waals surface area contributed by atoms with Gasteiger partial charge in [-0.15, -0.1) is 0 Å². The molecule has 19 heavy (non-hydrogen) atoms. The third kappa shape index (κ3) is 2.94. The average Bonchev–Trinajstić information content (AvgIpc) is 2.98. The van der Waals surface area contributed by atoms with Gasteiger partial charge in [-0.25, -0.2) is 0 Å². The number of hydrogen-bond donors (Lipinski definition) is 2. The summed E-state index contributed by atoms with van der Waals surface area (Å²) in [5.74, 6) is -3.33. The second-order valence-corrected chi connectivity index (χ2v) is 4.34. The highest BCUT2D eigenvalue weighted by Gasteiger charge is 2.53. The van der Waals surface area contributed by atoms with Crippen molar-refractivity contribution in [2.45, 2.75) is 12.2 Å². The van der Waals surface area contributed by atoms with Crippen molar-refractivity contribution >= 4 is 11.9 Å². The van der Waals surface area contributed by atoms with Crippen LogP contribution in [0.25, 0.3) is 0 Å². The number of aliphatic carboxylic acids is 1. The Balaban J connectivity index is 1.84. The number of hydrogen-bond acceptors (Lipinski definition) is 6. The van der Waals surface area contributed by atoms with Crippen LogP contribution in [0, 0.1) is 11.8 Å². The number of ether oxygens (including phenoxy) is 3. The number of aliphatic hydroxyl groups excluding tert-OH is 1. The third-order valence-electron chi connectivity index (χ3n) is 3.16. The number of rotatable bonds is 7. The minimum atomic E-state index is -1.06. The Morgan fingerprint density at radius 1 is 1.11 bits per heavy atom. The van der Waals surface area contributed by atoms with Gasteiger partial charge in [-0.3, -0.25) is 9.59 Å². The standard InChI is InChI=1S/C12H16O7/c13-3-4-17-5-6-18-12(16)10-8-2-1-7(19-8)9(10)11(14)15/h1-2,7-10,13H,3-6H2,(H,14,15). The first-order valence-electron chi connectivity index (χ1n) is 6.07. The molecule has 0 aromatic rings. The van der Waals surface area contributed by atoms with Crippen molar-refractivity contribution in [1.29, 1.82) is 0 Å². The summed E-state index contributed by atoms with van der Waals surface area (Å²) in [6, 6.07) is 0. The van der Waals surface area contributed by atoms with E-state index in [1.807, 2.05) is 0 Å². The molecule has 0 saturated carbocycles. The molecule has 7 nitrogen and oxygen atoms in total. The highest BCUT2D eigenvalue weighted by atomic mass is 16.6. The van der Waals surface area contributed by atoms with Gasteiger partial charge in [0.25, 0.3) is 0 Å². The first kappa shape index (κ1) is 14.0. The van der Waals surface area contributed by atoms with Crippen LogP contribution in [-0.4, -0.2) is 60.8 Å². The molecule has 0 amide bonds. The van der Waals surface area contributed by atoms with E-state index in [0.29, 0.717) is 0 Å². The van der Waals surface area contributed by atoms with Crippen LogP contribution in [0.4, 0.5) is 0 Å². The number of carboxylic acid groups (broad SMARTS) is 1. The van der Waals surface area contributed by atoms with E-state index in [1.54, 1.807) is 12.2 Å². The van der Waals surface area contributed by atoms with E-state index in [4.69, 9.17) is 24.4 Å². The number of carboxylic acids is 1. The Kier molecular flexibility index (Phi) is 4.52. The molecule has 4 unspecified atom stereocenters. The fourth-order valence-electron chi connectivity index (χ4n) is 2.35. The average molecular weight is 272 g/mol. The van der Waals surface area contributed by atoms with E-state index < -0.39 is 36.0 Å². The molecule has 0 spiro atoms. The summed E-state index contributed by atoms with van der Waals surface area (Å²) in [6.45, 7) is 0.277. The van der Waals surface area contributed by atoms with E-state index >= 15 is 0 Å². The minimum Gasteiger partial charge on any atom is -0.481 e. The van der Waals surface area contributed by atoms with Crippen LogP contribution in [0.15, 0.2) is 12.2 Å². The lowest BCUT2D eigenvalue weighted by Gasteiger charge is -2.20. The minimum absolute atomic E-state index is 0.0305. The van der Waals surface area contributed by atoms with Crippen molar-refractivity contribution in [1.82, 2.24) is 0 Å². The van der Waals surface area contributed by atoms with Crippen molar-refractivity contribution < 1.29 is 34.0 Å². The molecule has 0 radical (unpaired) electrons. The normalized spacial score (nSPS) is 31.6. The Morgan fingerprint density at radius 3 is 2.42 bits per heavy atom. The van der Waals surface area contributed by atoms with Crippen LogP contribution in [-0.2, 0) is 23.8 Å². The van der Waals surface area contributed by atoms with Crippen LogP contribution >= 0.6 is 0 Å². The molecular weight excluding hydrogens is 256 g/mol. The zero-order valence-corrected chi connectivity index (χ0v) is 10.2. The molecule has 0 aromatic carbocycles.